The highest BCUT2D eigenvalue weighted by Gasteiger charge is 2.17. The van der Waals surface area contributed by atoms with Gasteiger partial charge in [0.1, 0.15) is 5.75 Å². The molecule has 1 aromatic carbocycles. The van der Waals surface area contributed by atoms with Gasteiger partial charge in [-0.1, -0.05) is 25.1 Å². The molecule has 0 aliphatic carbocycles. The van der Waals surface area contributed by atoms with Crippen LogP contribution in [0.5, 0.6) is 5.75 Å². The van der Waals surface area contributed by atoms with E-state index in [0.29, 0.717) is 6.61 Å². The molecule has 1 N–H and O–H groups in total. The fourth-order valence-corrected chi connectivity index (χ4v) is 1.91. The zero-order valence-electron chi connectivity index (χ0n) is 13.1. The fraction of sp³-hybridized carbons (Fsp3) is 0.588. The highest BCUT2D eigenvalue weighted by atomic mass is 16.5. The molecule has 110 valence electrons. The van der Waals surface area contributed by atoms with Crippen LogP contribution in [0.4, 0.5) is 0 Å². The topological polar surface area (TPSA) is 45.0 Å². The molecule has 20 heavy (non-hydrogen) atoms. The monoisotopic (exact) mass is 274 g/mol. The highest BCUT2D eigenvalue weighted by Crippen LogP contribution is 2.26. The van der Waals surface area contributed by atoms with Gasteiger partial charge >= 0.3 is 0 Å². The van der Waals surface area contributed by atoms with Crippen LogP contribution in [-0.2, 0) is 0 Å². The summed E-state index contributed by atoms with van der Waals surface area (Å²) in [6.45, 7) is 9.75. The van der Waals surface area contributed by atoms with E-state index in [0.717, 1.165) is 25.1 Å². The van der Waals surface area contributed by atoms with E-state index in [-0.39, 0.29) is 11.5 Å². The van der Waals surface area contributed by atoms with Gasteiger partial charge in [-0.25, -0.2) is 0 Å². The molecule has 1 aromatic rings. The molecule has 0 fully saturated rings. The van der Waals surface area contributed by atoms with Gasteiger partial charge in [-0.15, -0.1) is 0 Å². The smallest absolute Gasteiger partial charge is 0.124 e. The second-order valence-corrected chi connectivity index (χ2v) is 5.81. The summed E-state index contributed by atoms with van der Waals surface area (Å²) in [5, 5.41) is 12.5. The Hall–Kier alpha value is -1.53. The molecule has 0 aromatic heterocycles. The van der Waals surface area contributed by atoms with E-state index in [2.05, 4.69) is 31.3 Å². The van der Waals surface area contributed by atoms with Crippen molar-refractivity contribution in [2.45, 2.75) is 46.6 Å². The lowest BCUT2D eigenvalue weighted by atomic mass is 9.92. The predicted molar refractivity (Wildman–Crippen MR) is 82.7 cm³/mol. The Morgan fingerprint density at radius 3 is 2.70 bits per heavy atom. The van der Waals surface area contributed by atoms with E-state index >= 15 is 0 Å². The summed E-state index contributed by atoms with van der Waals surface area (Å²) < 4.78 is 5.88. The van der Waals surface area contributed by atoms with Crippen molar-refractivity contribution in [2.24, 2.45) is 5.41 Å². The first-order valence-electron chi connectivity index (χ1n) is 7.36. The molecule has 0 saturated carbocycles. The lowest BCUT2D eigenvalue weighted by Gasteiger charge is -2.20. The summed E-state index contributed by atoms with van der Waals surface area (Å²) in [4.78, 5) is 0. The lowest BCUT2D eigenvalue weighted by molar-refractivity contribution is 0.260. The molecule has 0 spiro atoms. The molecule has 0 saturated heterocycles. The van der Waals surface area contributed by atoms with Crippen LogP contribution in [0.25, 0.3) is 0 Å². The molecule has 0 amide bonds. The van der Waals surface area contributed by atoms with Gasteiger partial charge in [0, 0.05) is 11.6 Å². The number of nitrogens with one attached hydrogen (secondary N) is 1. The molecule has 3 nitrogen and oxygen atoms in total. The zero-order valence-corrected chi connectivity index (χ0v) is 13.1. The van der Waals surface area contributed by atoms with E-state index in [9.17, 15) is 0 Å². The van der Waals surface area contributed by atoms with Crippen molar-refractivity contribution in [3.05, 3.63) is 29.8 Å². The SMILES string of the molecule is CCCNC(C)c1ccccc1OCCC(C)(C)C#N. The maximum Gasteiger partial charge on any atom is 0.124 e. The van der Waals surface area contributed by atoms with Crippen molar-refractivity contribution in [2.75, 3.05) is 13.2 Å². The van der Waals surface area contributed by atoms with Crippen molar-refractivity contribution in [1.82, 2.24) is 5.32 Å². The van der Waals surface area contributed by atoms with Crippen molar-refractivity contribution >= 4 is 0 Å². The largest absolute Gasteiger partial charge is 0.493 e. The number of rotatable bonds is 8. The maximum atomic E-state index is 9.02. The quantitative estimate of drug-likeness (QED) is 0.777. The number of para-hydroxylation sites is 1. The third kappa shape index (κ3) is 5.22. The van der Waals surface area contributed by atoms with Crippen LogP contribution in [0.1, 0.15) is 52.1 Å². The Morgan fingerprint density at radius 2 is 2.05 bits per heavy atom. The van der Waals surface area contributed by atoms with E-state index in [1.807, 2.05) is 32.0 Å². The molecule has 0 radical (unpaired) electrons. The van der Waals surface area contributed by atoms with Gasteiger partial charge in [-0.05, 0) is 46.2 Å². The average molecular weight is 274 g/mol. The molecule has 0 bridgehead atoms. The lowest BCUT2D eigenvalue weighted by Crippen LogP contribution is -2.20. The summed E-state index contributed by atoms with van der Waals surface area (Å²) in [5.74, 6) is 0.914. The Balaban J connectivity index is 2.64. The summed E-state index contributed by atoms with van der Waals surface area (Å²) in [5.41, 5.74) is 0.844. The first-order chi connectivity index (χ1) is 9.50. The Labute approximate surface area is 123 Å². The van der Waals surface area contributed by atoms with Gasteiger partial charge < -0.3 is 10.1 Å². The molecule has 0 aliphatic heterocycles. The van der Waals surface area contributed by atoms with Gasteiger partial charge in [-0.3, -0.25) is 0 Å². The van der Waals surface area contributed by atoms with E-state index < -0.39 is 0 Å². The van der Waals surface area contributed by atoms with Crippen LogP contribution < -0.4 is 10.1 Å². The molecule has 1 unspecified atom stereocenters. The third-order valence-electron chi connectivity index (χ3n) is 3.37. The van der Waals surface area contributed by atoms with Gasteiger partial charge in [0.05, 0.1) is 18.1 Å². The summed E-state index contributed by atoms with van der Waals surface area (Å²) >= 11 is 0. The Morgan fingerprint density at radius 1 is 1.35 bits per heavy atom. The first-order valence-corrected chi connectivity index (χ1v) is 7.36. The first kappa shape index (κ1) is 16.5. The van der Waals surface area contributed by atoms with Gasteiger partial charge in [0.2, 0.25) is 0 Å². The van der Waals surface area contributed by atoms with Crippen LogP contribution in [0.2, 0.25) is 0 Å². The normalized spacial score (nSPS) is 12.8. The zero-order chi connectivity index (χ0) is 15.0. The van der Waals surface area contributed by atoms with Crippen molar-refractivity contribution in [3.63, 3.8) is 0 Å². The summed E-state index contributed by atoms with van der Waals surface area (Å²) in [6.07, 6.45) is 1.85. The standard InChI is InChI=1S/C17H26N2O/c1-5-11-19-14(2)15-8-6-7-9-16(15)20-12-10-17(3,4)13-18/h6-9,14,19H,5,10-12H2,1-4H3. The average Bonchev–Trinajstić information content (AvgIpc) is 2.45. The van der Waals surface area contributed by atoms with Crippen LogP contribution in [0.15, 0.2) is 24.3 Å². The summed E-state index contributed by atoms with van der Waals surface area (Å²) in [6, 6.07) is 10.7. The Bertz CT molecular complexity index is 449. The van der Waals surface area contributed by atoms with Gasteiger partial charge in [0.25, 0.3) is 0 Å². The van der Waals surface area contributed by atoms with Crippen LogP contribution >= 0.6 is 0 Å². The molecule has 1 atom stereocenters. The minimum absolute atomic E-state index is 0.273. The second kappa shape index (κ2) is 7.91. The number of nitrogens with zero attached hydrogens (tertiary/aromatic N) is 1. The van der Waals surface area contributed by atoms with Gasteiger partial charge in [0.15, 0.2) is 0 Å². The minimum atomic E-state index is -0.332. The fourth-order valence-electron chi connectivity index (χ4n) is 1.91. The number of ether oxygens (including phenoxy) is 1. The van der Waals surface area contributed by atoms with Crippen molar-refractivity contribution in [1.29, 1.82) is 5.26 Å². The minimum Gasteiger partial charge on any atom is -0.493 e. The predicted octanol–water partition coefficient (Wildman–Crippen LogP) is 4.07. The molecule has 3 heteroatoms. The Kier molecular flexibility index (Phi) is 6.54. The third-order valence-corrected chi connectivity index (χ3v) is 3.37. The van der Waals surface area contributed by atoms with Crippen LogP contribution in [0.3, 0.4) is 0 Å². The number of nitriles is 1. The molecular weight excluding hydrogens is 248 g/mol. The molecule has 0 aliphatic rings. The number of hydrogen-bond donors (Lipinski definition) is 1. The van der Waals surface area contributed by atoms with Crippen LogP contribution in [-0.4, -0.2) is 13.2 Å². The van der Waals surface area contributed by atoms with E-state index in [1.165, 1.54) is 5.56 Å². The van der Waals surface area contributed by atoms with Crippen molar-refractivity contribution < 1.29 is 4.74 Å². The van der Waals surface area contributed by atoms with E-state index in [4.69, 9.17) is 10.00 Å². The van der Waals surface area contributed by atoms with E-state index in [1.54, 1.807) is 0 Å². The highest BCUT2D eigenvalue weighted by molar-refractivity contribution is 5.35. The molecular formula is C17H26N2O. The number of benzene rings is 1. The van der Waals surface area contributed by atoms with Gasteiger partial charge in [-0.2, -0.15) is 5.26 Å². The van der Waals surface area contributed by atoms with Crippen molar-refractivity contribution in [3.8, 4) is 11.8 Å². The van der Waals surface area contributed by atoms with Crippen LogP contribution in [0, 0.1) is 16.7 Å². The molecule has 1 rings (SSSR count). The number of hydrogen-bond acceptors (Lipinski definition) is 3. The maximum absolute atomic E-state index is 9.02. The summed E-state index contributed by atoms with van der Waals surface area (Å²) in [7, 11) is 0. The molecule has 0 heterocycles. The second-order valence-electron chi connectivity index (χ2n) is 5.81.